The second-order valence-corrected chi connectivity index (χ2v) is 16.0. The minimum atomic E-state index is -1.12. The molecule has 6 fully saturated rings. The summed E-state index contributed by atoms with van der Waals surface area (Å²) in [6.45, 7) is 14.8. The highest BCUT2D eigenvalue weighted by Gasteiger charge is 2.86. The molecule has 4 aliphatic carbocycles. The van der Waals surface area contributed by atoms with Crippen LogP contribution in [0.2, 0.25) is 0 Å². The lowest BCUT2D eigenvalue weighted by atomic mass is 9.41. The van der Waals surface area contributed by atoms with Crippen molar-refractivity contribution in [2.75, 3.05) is 32.7 Å². The minimum Gasteiger partial charge on any atom is -0.481 e. The maximum Gasteiger partial charge on any atom is 0.315 e. The van der Waals surface area contributed by atoms with Crippen LogP contribution in [0.1, 0.15) is 98.3 Å². The second kappa shape index (κ2) is 9.89. The van der Waals surface area contributed by atoms with E-state index in [9.17, 15) is 14.7 Å². The van der Waals surface area contributed by atoms with Crippen molar-refractivity contribution < 1.29 is 19.4 Å². The zero-order valence-corrected chi connectivity index (χ0v) is 26.1. The number of fused-ring (bicyclic) bond motifs is 2. The summed E-state index contributed by atoms with van der Waals surface area (Å²) in [5.74, 6) is 0.654. The summed E-state index contributed by atoms with van der Waals surface area (Å²) in [5, 5.41) is 11.3. The number of rotatable bonds is 7. The molecule has 0 aromatic rings. The lowest BCUT2D eigenvalue weighted by Crippen LogP contribution is -2.65. The van der Waals surface area contributed by atoms with Crippen molar-refractivity contribution in [3.8, 4) is 0 Å². The number of piperidine rings is 2. The summed E-state index contributed by atoms with van der Waals surface area (Å²) in [5.41, 5.74) is -1.04. The molecule has 7 rings (SSSR count). The number of carbonyl (C=O) groups excluding carboxylic acids is 1. The molecule has 0 amide bonds. The predicted octanol–water partition coefficient (Wildman–Crippen LogP) is 5.80. The summed E-state index contributed by atoms with van der Waals surface area (Å²) in [6.07, 6.45) is 15.7. The van der Waals surface area contributed by atoms with Gasteiger partial charge in [-0.3, -0.25) is 9.69 Å². The molecule has 6 unspecified atom stereocenters. The monoisotopic (exact) mass is 566 g/mol. The van der Waals surface area contributed by atoms with Crippen molar-refractivity contribution in [2.24, 2.45) is 45.8 Å². The Morgan fingerprint density at radius 1 is 1.07 bits per heavy atom. The van der Waals surface area contributed by atoms with Gasteiger partial charge in [0.25, 0.3) is 0 Å². The number of carboxylic acids is 1. The molecule has 0 radical (unpaired) electrons. The fourth-order valence-corrected chi connectivity index (χ4v) is 12.3. The van der Waals surface area contributed by atoms with Crippen LogP contribution in [-0.2, 0) is 14.3 Å². The molecule has 9 atom stereocenters. The Labute approximate surface area is 247 Å². The third-order valence-corrected chi connectivity index (χ3v) is 14.2. The van der Waals surface area contributed by atoms with Crippen LogP contribution in [0.3, 0.4) is 0 Å². The van der Waals surface area contributed by atoms with Crippen LogP contribution in [0.5, 0.6) is 0 Å². The van der Waals surface area contributed by atoms with E-state index in [0.29, 0.717) is 23.8 Å². The van der Waals surface area contributed by atoms with Gasteiger partial charge in [0.15, 0.2) is 0 Å². The van der Waals surface area contributed by atoms with E-state index in [1.807, 2.05) is 0 Å². The van der Waals surface area contributed by atoms with Crippen LogP contribution < -0.4 is 0 Å². The minimum absolute atomic E-state index is 0.0833. The average molecular weight is 567 g/mol. The number of carbonyl (C=O) groups is 2. The van der Waals surface area contributed by atoms with E-state index >= 15 is 0 Å². The number of aldehydes is 1. The third-order valence-electron chi connectivity index (χ3n) is 14.2. The largest absolute Gasteiger partial charge is 0.481 e. The summed E-state index contributed by atoms with van der Waals surface area (Å²) < 4.78 is 7.09. The van der Waals surface area contributed by atoms with Gasteiger partial charge >= 0.3 is 5.97 Å². The Bertz CT molecular complexity index is 1090. The first-order chi connectivity index (χ1) is 19.6. The molecule has 3 aliphatic heterocycles. The zero-order valence-electron chi connectivity index (χ0n) is 26.1. The van der Waals surface area contributed by atoms with Crippen molar-refractivity contribution in [1.29, 1.82) is 0 Å². The fourth-order valence-electron chi connectivity index (χ4n) is 12.3. The molecule has 7 aliphatic rings. The normalized spacial score (nSPS) is 47.5. The molecular formula is C35H54N2O4. The maximum absolute atomic E-state index is 13.8. The SMILES string of the molecule is CC(C)C1=CC2CC3(C=O)[C@@H]4CC[C@@H](C)[C@H]4CC2(C2CCC(CN4CCC(C)(N5CCCCC5)CC4)O2)C13C(=O)O. The van der Waals surface area contributed by atoms with Gasteiger partial charge in [0.1, 0.15) is 11.7 Å². The summed E-state index contributed by atoms with van der Waals surface area (Å²) in [7, 11) is 0. The first-order valence-electron chi connectivity index (χ1n) is 17.2. The van der Waals surface area contributed by atoms with E-state index in [2.05, 4.69) is 43.6 Å². The highest BCUT2D eigenvalue weighted by molar-refractivity contribution is 5.90. The van der Waals surface area contributed by atoms with Gasteiger partial charge in [-0.15, -0.1) is 0 Å². The van der Waals surface area contributed by atoms with Crippen molar-refractivity contribution in [3.05, 3.63) is 11.6 Å². The van der Waals surface area contributed by atoms with Crippen LogP contribution in [0, 0.1) is 45.8 Å². The molecule has 1 N–H and O–H groups in total. The molecule has 3 saturated carbocycles. The number of hydrogen-bond donors (Lipinski definition) is 1. The number of hydrogen-bond acceptors (Lipinski definition) is 5. The van der Waals surface area contributed by atoms with Gasteiger partial charge in [-0.1, -0.05) is 45.3 Å². The van der Waals surface area contributed by atoms with E-state index in [4.69, 9.17) is 4.74 Å². The first kappa shape index (κ1) is 28.5. The summed E-state index contributed by atoms with van der Waals surface area (Å²) in [4.78, 5) is 32.6. The van der Waals surface area contributed by atoms with Crippen LogP contribution in [0.4, 0.5) is 0 Å². The molecule has 0 spiro atoms. The van der Waals surface area contributed by atoms with E-state index in [-0.39, 0.29) is 30.0 Å². The zero-order chi connectivity index (χ0) is 28.8. The van der Waals surface area contributed by atoms with Crippen LogP contribution in [-0.4, -0.2) is 77.6 Å². The van der Waals surface area contributed by atoms with Crippen LogP contribution >= 0.6 is 0 Å². The molecule has 0 aromatic carbocycles. The third kappa shape index (κ3) is 3.65. The molecule has 3 heterocycles. The Hall–Kier alpha value is -1.24. The Morgan fingerprint density at radius 3 is 2.46 bits per heavy atom. The molecule has 6 heteroatoms. The number of aliphatic carboxylic acids is 1. The Morgan fingerprint density at radius 2 is 1.80 bits per heavy atom. The van der Waals surface area contributed by atoms with E-state index in [1.165, 1.54) is 45.2 Å². The van der Waals surface area contributed by atoms with Crippen molar-refractivity contribution in [2.45, 2.75) is 116 Å². The predicted molar refractivity (Wildman–Crippen MR) is 159 cm³/mol. The van der Waals surface area contributed by atoms with Gasteiger partial charge in [0.05, 0.1) is 17.6 Å². The highest BCUT2D eigenvalue weighted by atomic mass is 16.5. The fraction of sp³-hybridized carbons (Fsp3) is 0.886. The standard InChI is InChI=1S/C35H54N2O4/c1-23(2)29-18-25-19-33(22-38)28-10-8-24(3)27(28)20-34(25,35(29,33)31(39)40)30-11-9-26(41-30)21-36-16-12-32(4,13-17-36)37-14-6-5-7-15-37/h18,22-28,30H,5-17,19-21H2,1-4H3,(H,39,40)/t24-,25?,26?,27-,28-,30?,33?,34?,35?/m1/s1. The van der Waals surface area contributed by atoms with E-state index < -0.39 is 22.2 Å². The van der Waals surface area contributed by atoms with Gasteiger partial charge in [-0.2, -0.15) is 0 Å². The quantitative estimate of drug-likeness (QED) is 0.310. The molecular weight excluding hydrogens is 512 g/mol. The van der Waals surface area contributed by atoms with Crippen molar-refractivity contribution in [3.63, 3.8) is 0 Å². The number of ether oxygens (including phenoxy) is 1. The average Bonchev–Trinajstić information content (AvgIpc) is 3.70. The van der Waals surface area contributed by atoms with Gasteiger partial charge in [0, 0.05) is 17.5 Å². The van der Waals surface area contributed by atoms with Crippen molar-refractivity contribution >= 4 is 12.3 Å². The van der Waals surface area contributed by atoms with Crippen molar-refractivity contribution in [1.82, 2.24) is 9.80 Å². The molecule has 3 saturated heterocycles. The first-order valence-corrected chi connectivity index (χ1v) is 17.2. The number of nitrogens with zero attached hydrogens (tertiary/aromatic N) is 2. The summed E-state index contributed by atoms with van der Waals surface area (Å²) >= 11 is 0. The number of carboxylic acid groups (broad SMARTS) is 1. The van der Waals surface area contributed by atoms with Gasteiger partial charge in [-0.25, -0.2) is 0 Å². The molecule has 4 bridgehead atoms. The van der Waals surface area contributed by atoms with E-state index in [1.54, 1.807) is 0 Å². The molecule has 41 heavy (non-hydrogen) atoms. The smallest absolute Gasteiger partial charge is 0.315 e. The number of allylic oxidation sites excluding steroid dienone is 1. The lowest BCUT2D eigenvalue weighted by Gasteiger charge is -2.60. The molecule has 228 valence electrons. The van der Waals surface area contributed by atoms with Gasteiger partial charge in [0.2, 0.25) is 0 Å². The second-order valence-electron chi connectivity index (χ2n) is 16.0. The maximum atomic E-state index is 13.8. The van der Waals surface area contributed by atoms with Gasteiger partial charge < -0.3 is 19.5 Å². The molecule has 6 nitrogen and oxygen atoms in total. The highest BCUT2D eigenvalue weighted by Crippen LogP contribution is 2.84. The number of likely N-dealkylation sites (tertiary alicyclic amines) is 2. The van der Waals surface area contributed by atoms with Crippen LogP contribution in [0.25, 0.3) is 0 Å². The Balaban J connectivity index is 1.14. The summed E-state index contributed by atoms with van der Waals surface area (Å²) in [6, 6.07) is 0. The molecule has 0 aromatic heterocycles. The topological polar surface area (TPSA) is 70.1 Å². The lowest BCUT2D eigenvalue weighted by molar-refractivity contribution is -0.197. The van der Waals surface area contributed by atoms with Gasteiger partial charge in [-0.05, 0) is 120 Å². The van der Waals surface area contributed by atoms with E-state index in [0.717, 1.165) is 63.6 Å². The van der Waals surface area contributed by atoms with Crippen LogP contribution in [0.15, 0.2) is 11.6 Å². The Kier molecular flexibility index (Phi) is 6.88.